The van der Waals surface area contributed by atoms with Gasteiger partial charge >= 0.3 is 0 Å². The lowest BCUT2D eigenvalue weighted by Gasteiger charge is -2.18. The Morgan fingerprint density at radius 1 is 1.33 bits per heavy atom. The Hall–Kier alpha value is -1.43. The topological polar surface area (TPSA) is 73.6 Å². The molecule has 1 aromatic carbocycles. The van der Waals surface area contributed by atoms with Crippen LogP contribution in [0.25, 0.3) is 0 Å². The fourth-order valence-electron chi connectivity index (χ4n) is 1.68. The predicted octanol–water partition coefficient (Wildman–Crippen LogP) is 1.46. The molecule has 0 heterocycles. The Bertz CT molecular complexity index is 438. The SMILES string of the molecule is COc1cc(N)c(NC(C)CS(C)=O)cc1OC. The molecule has 6 heteroatoms. The monoisotopic (exact) mass is 272 g/mol. The van der Waals surface area contributed by atoms with Crippen molar-refractivity contribution in [2.45, 2.75) is 13.0 Å². The van der Waals surface area contributed by atoms with Gasteiger partial charge in [0.05, 0.1) is 25.6 Å². The molecule has 0 saturated carbocycles. The van der Waals surface area contributed by atoms with Crippen molar-refractivity contribution in [2.24, 2.45) is 0 Å². The van der Waals surface area contributed by atoms with Gasteiger partial charge in [0.2, 0.25) is 0 Å². The van der Waals surface area contributed by atoms with Crippen LogP contribution in [0.5, 0.6) is 11.5 Å². The molecule has 0 aliphatic carbocycles. The predicted molar refractivity (Wildman–Crippen MR) is 76.0 cm³/mol. The van der Waals surface area contributed by atoms with Crippen molar-refractivity contribution in [3.05, 3.63) is 12.1 Å². The molecule has 0 aliphatic rings. The van der Waals surface area contributed by atoms with E-state index in [-0.39, 0.29) is 6.04 Å². The van der Waals surface area contributed by atoms with E-state index in [1.165, 1.54) is 0 Å². The minimum atomic E-state index is -0.848. The number of hydrogen-bond acceptors (Lipinski definition) is 5. The van der Waals surface area contributed by atoms with Crippen molar-refractivity contribution in [1.29, 1.82) is 0 Å². The van der Waals surface area contributed by atoms with Gasteiger partial charge in [0.1, 0.15) is 0 Å². The van der Waals surface area contributed by atoms with E-state index >= 15 is 0 Å². The van der Waals surface area contributed by atoms with Crippen LogP contribution in [-0.4, -0.2) is 36.5 Å². The highest BCUT2D eigenvalue weighted by Crippen LogP contribution is 2.35. The number of nitrogens with two attached hydrogens (primary N) is 1. The first kappa shape index (κ1) is 14.6. The van der Waals surface area contributed by atoms with Gasteiger partial charge in [0.15, 0.2) is 11.5 Å². The van der Waals surface area contributed by atoms with Gasteiger partial charge in [0, 0.05) is 41.0 Å². The van der Waals surface area contributed by atoms with Crippen LogP contribution < -0.4 is 20.5 Å². The summed E-state index contributed by atoms with van der Waals surface area (Å²) in [5, 5.41) is 3.21. The maximum absolute atomic E-state index is 11.1. The van der Waals surface area contributed by atoms with Gasteiger partial charge < -0.3 is 20.5 Å². The molecule has 0 amide bonds. The number of benzene rings is 1. The van der Waals surface area contributed by atoms with Crippen molar-refractivity contribution >= 4 is 22.2 Å². The summed E-state index contributed by atoms with van der Waals surface area (Å²) in [6, 6.07) is 3.55. The normalized spacial score (nSPS) is 13.8. The fourth-order valence-corrected chi connectivity index (χ4v) is 2.47. The number of methoxy groups -OCH3 is 2. The van der Waals surface area contributed by atoms with E-state index in [1.807, 2.05) is 6.92 Å². The highest BCUT2D eigenvalue weighted by atomic mass is 32.2. The third-order valence-electron chi connectivity index (χ3n) is 2.44. The van der Waals surface area contributed by atoms with E-state index in [2.05, 4.69) is 5.32 Å². The molecule has 0 aromatic heterocycles. The van der Waals surface area contributed by atoms with Gasteiger partial charge in [-0.05, 0) is 6.92 Å². The second kappa shape index (κ2) is 6.49. The van der Waals surface area contributed by atoms with Gasteiger partial charge in [-0.1, -0.05) is 0 Å². The third-order valence-corrected chi connectivity index (χ3v) is 3.41. The average Bonchev–Trinajstić information content (AvgIpc) is 2.30. The van der Waals surface area contributed by atoms with Crippen molar-refractivity contribution < 1.29 is 13.7 Å². The van der Waals surface area contributed by atoms with E-state index in [0.717, 1.165) is 5.69 Å². The largest absolute Gasteiger partial charge is 0.493 e. The lowest BCUT2D eigenvalue weighted by Crippen LogP contribution is -2.22. The van der Waals surface area contributed by atoms with Crippen LogP contribution in [0.4, 0.5) is 11.4 Å². The Balaban J connectivity index is 2.92. The number of anilines is 2. The molecule has 102 valence electrons. The molecule has 0 aliphatic heterocycles. The van der Waals surface area contributed by atoms with Crippen LogP contribution in [-0.2, 0) is 10.8 Å². The summed E-state index contributed by atoms with van der Waals surface area (Å²) in [6.07, 6.45) is 1.68. The first-order valence-electron chi connectivity index (χ1n) is 5.56. The van der Waals surface area contributed by atoms with Crippen LogP contribution in [0.1, 0.15) is 6.92 Å². The van der Waals surface area contributed by atoms with Crippen LogP contribution in [0.15, 0.2) is 12.1 Å². The number of nitrogen functional groups attached to an aromatic ring is 1. The summed E-state index contributed by atoms with van der Waals surface area (Å²) in [4.78, 5) is 0. The van der Waals surface area contributed by atoms with Gasteiger partial charge in [-0.15, -0.1) is 0 Å². The van der Waals surface area contributed by atoms with Gasteiger partial charge in [-0.3, -0.25) is 4.21 Å². The highest BCUT2D eigenvalue weighted by molar-refractivity contribution is 7.84. The molecule has 2 unspecified atom stereocenters. The molecule has 0 radical (unpaired) electrons. The van der Waals surface area contributed by atoms with E-state index in [9.17, 15) is 4.21 Å². The molecule has 0 bridgehead atoms. The maximum Gasteiger partial charge on any atom is 0.162 e. The second-order valence-electron chi connectivity index (χ2n) is 4.08. The lowest BCUT2D eigenvalue weighted by molar-refractivity contribution is 0.355. The molecule has 1 rings (SSSR count). The Labute approximate surface area is 110 Å². The number of rotatable bonds is 6. The quantitative estimate of drug-likeness (QED) is 0.767. The smallest absolute Gasteiger partial charge is 0.162 e. The van der Waals surface area contributed by atoms with E-state index < -0.39 is 10.8 Å². The van der Waals surface area contributed by atoms with Crippen molar-refractivity contribution in [3.8, 4) is 11.5 Å². The highest BCUT2D eigenvalue weighted by Gasteiger charge is 2.11. The molecule has 3 N–H and O–H groups in total. The average molecular weight is 272 g/mol. The van der Waals surface area contributed by atoms with E-state index in [0.29, 0.717) is 22.9 Å². The molecular weight excluding hydrogens is 252 g/mol. The van der Waals surface area contributed by atoms with Crippen molar-refractivity contribution in [3.63, 3.8) is 0 Å². The molecule has 5 nitrogen and oxygen atoms in total. The lowest BCUT2D eigenvalue weighted by atomic mass is 10.2. The first-order valence-corrected chi connectivity index (χ1v) is 7.28. The van der Waals surface area contributed by atoms with E-state index in [4.69, 9.17) is 15.2 Å². The molecule has 18 heavy (non-hydrogen) atoms. The standard InChI is InChI=1S/C12H20N2O3S/c1-8(7-18(4)15)14-10-6-12(17-3)11(16-2)5-9(10)13/h5-6,8,14H,7,13H2,1-4H3. The maximum atomic E-state index is 11.1. The third kappa shape index (κ3) is 3.80. The summed E-state index contributed by atoms with van der Waals surface area (Å²) in [5.74, 6) is 1.76. The summed E-state index contributed by atoms with van der Waals surface area (Å²) in [7, 11) is 2.29. The molecule has 0 fully saturated rings. The molecule has 2 atom stereocenters. The van der Waals surface area contributed by atoms with Crippen molar-refractivity contribution in [1.82, 2.24) is 0 Å². The summed E-state index contributed by atoms with van der Waals surface area (Å²) < 4.78 is 21.5. The number of ether oxygens (including phenoxy) is 2. The van der Waals surface area contributed by atoms with Gasteiger partial charge in [-0.2, -0.15) is 0 Å². The Morgan fingerprint density at radius 2 is 1.89 bits per heavy atom. The second-order valence-corrected chi connectivity index (χ2v) is 5.56. The number of nitrogens with one attached hydrogen (secondary N) is 1. The van der Waals surface area contributed by atoms with Gasteiger partial charge in [-0.25, -0.2) is 0 Å². The molecule has 1 aromatic rings. The summed E-state index contributed by atoms with van der Waals surface area (Å²) >= 11 is 0. The van der Waals surface area contributed by atoms with Crippen LogP contribution >= 0.6 is 0 Å². The van der Waals surface area contributed by atoms with E-state index in [1.54, 1.807) is 32.6 Å². The Morgan fingerprint density at radius 3 is 2.39 bits per heavy atom. The van der Waals surface area contributed by atoms with Gasteiger partial charge in [0.25, 0.3) is 0 Å². The Kier molecular flexibility index (Phi) is 5.27. The zero-order valence-corrected chi connectivity index (χ0v) is 12.0. The summed E-state index contributed by atoms with van der Waals surface area (Å²) in [6.45, 7) is 1.96. The number of hydrogen-bond donors (Lipinski definition) is 2. The minimum Gasteiger partial charge on any atom is -0.493 e. The van der Waals surface area contributed by atoms with Crippen LogP contribution in [0.3, 0.4) is 0 Å². The van der Waals surface area contributed by atoms with Crippen LogP contribution in [0.2, 0.25) is 0 Å². The van der Waals surface area contributed by atoms with Crippen molar-refractivity contribution in [2.75, 3.05) is 37.3 Å². The zero-order chi connectivity index (χ0) is 13.7. The minimum absolute atomic E-state index is 0.0660. The molecular formula is C12H20N2O3S. The molecule has 0 spiro atoms. The zero-order valence-electron chi connectivity index (χ0n) is 11.1. The summed E-state index contributed by atoms with van der Waals surface area (Å²) in [5.41, 5.74) is 7.25. The fraction of sp³-hybridized carbons (Fsp3) is 0.500. The molecule has 0 saturated heterocycles. The first-order chi connectivity index (χ1) is 8.47. The van der Waals surface area contributed by atoms with Crippen LogP contribution in [0, 0.1) is 0 Å².